The maximum atomic E-state index is 11.6. The summed E-state index contributed by atoms with van der Waals surface area (Å²) < 4.78 is 0. The van der Waals surface area contributed by atoms with Gasteiger partial charge in [0.05, 0.1) is 17.9 Å². The van der Waals surface area contributed by atoms with E-state index in [1.807, 2.05) is 18.2 Å². The Hall–Kier alpha value is -2.43. The number of amides is 1. The van der Waals surface area contributed by atoms with Gasteiger partial charge in [-0.2, -0.15) is 0 Å². The Balaban J connectivity index is 2.32. The molecule has 0 radical (unpaired) electrons. The summed E-state index contributed by atoms with van der Waals surface area (Å²) in [5, 5.41) is 2.64. The molecule has 0 atom stereocenters. The zero-order chi connectivity index (χ0) is 13.0. The second kappa shape index (κ2) is 5.27. The highest BCUT2D eigenvalue weighted by atomic mass is 16.1. The lowest BCUT2D eigenvalue weighted by Gasteiger charge is -2.06. The summed E-state index contributed by atoms with van der Waals surface area (Å²) >= 11 is 0. The van der Waals surface area contributed by atoms with E-state index in [9.17, 15) is 9.59 Å². The molecule has 5 nitrogen and oxygen atoms in total. The molecule has 0 bridgehead atoms. The van der Waals surface area contributed by atoms with Crippen LogP contribution in [0.25, 0.3) is 11.4 Å². The minimum absolute atomic E-state index is 0.116. The van der Waals surface area contributed by atoms with E-state index >= 15 is 0 Å². The van der Waals surface area contributed by atoms with Crippen LogP contribution in [0, 0.1) is 0 Å². The Morgan fingerprint density at radius 1 is 1.39 bits per heavy atom. The average Bonchev–Trinajstić information content (AvgIpc) is 2.37. The molecule has 2 N–H and O–H groups in total. The lowest BCUT2D eigenvalue weighted by atomic mass is 10.2. The average molecular weight is 243 g/mol. The lowest BCUT2D eigenvalue weighted by molar-refractivity contribution is -0.119. The highest BCUT2D eigenvalue weighted by Crippen LogP contribution is 2.11. The predicted molar refractivity (Wildman–Crippen MR) is 67.8 cm³/mol. The molecule has 92 valence electrons. The molecule has 0 aromatic carbocycles. The lowest BCUT2D eigenvalue weighted by Crippen LogP contribution is -2.21. The number of aromatic amines is 1. The fraction of sp³-hybridized carbons (Fsp3) is 0.154. The number of nitrogens with one attached hydrogen (secondary N) is 2. The number of hydrogen-bond donors (Lipinski definition) is 2. The van der Waals surface area contributed by atoms with Gasteiger partial charge in [0, 0.05) is 30.9 Å². The number of nitrogens with zero attached hydrogens (tertiary/aromatic N) is 1. The maximum Gasteiger partial charge on any atom is 0.217 e. The number of aromatic nitrogens is 2. The first-order chi connectivity index (χ1) is 8.65. The van der Waals surface area contributed by atoms with Crippen LogP contribution in [0.4, 0.5) is 0 Å². The van der Waals surface area contributed by atoms with Gasteiger partial charge in [0.15, 0.2) is 5.43 Å². The Kier molecular flexibility index (Phi) is 3.52. The zero-order valence-electron chi connectivity index (χ0n) is 9.93. The van der Waals surface area contributed by atoms with E-state index in [0.717, 1.165) is 0 Å². The molecule has 0 saturated carbocycles. The fourth-order valence-electron chi connectivity index (χ4n) is 1.58. The van der Waals surface area contributed by atoms with Gasteiger partial charge in [-0.3, -0.25) is 14.6 Å². The molecule has 0 aliphatic heterocycles. The number of pyridine rings is 2. The number of rotatable bonds is 3. The summed E-state index contributed by atoms with van der Waals surface area (Å²) in [6.45, 7) is 1.73. The molecule has 18 heavy (non-hydrogen) atoms. The van der Waals surface area contributed by atoms with Crippen LogP contribution < -0.4 is 10.7 Å². The fourth-order valence-corrected chi connectivity index (χ4v) is 1.58. The van der Waals surface area contributed by atoms with Crippen LogP contribution in [0.15, 0.2) is 41.3 Å². The van der Waals surface area contributed by atoms with Crippen LogP contribution in [0.2, 0.25) is 0 Å². The van der Waals surface area contributed by atoms with E-state index in [4.69, 9.17) is 0 Å². The second-order valence-corrected chi connectivity index (χ2v) is 3.88. The van der Waals surface area contributed by atoms with Crippen molar-refractivity contribution in [2.75, 3.05) is 0 Å². The number of H-pyrrole nitrogens is 1. The summed E-state index contributed by atoms with van der Waals surface area (Å²) in [7, 11) is 0. The SMILES string of the molecule is CC(=O)NCc1cc(=O)cc(-c2ccccn2)[nH]1. The van der Waals surface area contributed by atoms with Crippen LogP contribution in [0.5, 0.6) is 0 Å². The minimum atomic E-state index is -0.140. The van der Waals surface area contributed by atoms with Crippen LogP contribution in [-0.2, 0) is 11.3 Å². The van der Waals surface area contributed by atoms with E-state index in [1.54, 1.807) is 6.20 Å². The van der Waals surface area contributed by atoms with Crippen molar-refractivity contribution in [2.45, 2.75) is 13.5 Å². The van der Waals surface area contributed by atoms with Crippen LogP contribution >= 0.6 is 0 Å². The van der Waals surface area contributed by atoms with Gasteiger partial charge in [-0.1, -0.05) is 6.07 Å². The van der Waals surface area contributed by atoms with E-state index in [1.165, 1.54) is 19.1 Å². The summed E-state index contributed by atoms with van der Waals surface area (Å²) in [4.78, 5) is 29.7. The Morgan fingerprint density at radius 3 is 2.89 bits per heavy atom. The monoisotopic (exact) mass is 243 g/mol. The Labute approximate surface area is 104 Å². The summed E-state index contributed by atoms with van der Waals surface area (Å²) in [5.41, 5.74) is 1.87. The highest BCUT2D eigenvalue weighted by Gasteiger charge is 2.03. The topological polar surface area (TPSA) is 74.8 Å². The normalized spacial score (nSPS) is 10.1. The predicted octanol–water partition coefficient (Wildman–Crippen LogP) is 1.07. The van der Waals surface area contributed by atoms with E-state index in [0.29, 0.717) is 23.6 Å². The molecule has 2 rings (SSSR count). The van der Waals surface area contributed by atoms with Crippen LogP contribution in [0.3, 0.4) is 0 Å². The van der Waals surface area contributed by atoms with Crippen molar-refractivity contribution in [3.05, 3.63) is 52.4 Å². The van der Waals surface area contributed by atoms with Gasteiger partial charge < -0.3 is 10.3 Å². The highest BCUT2D eigenvalue weighted by molar-refractivity contribution is 5.72. The smallest absolute Gasteiger partial charge is 0.217 e. The van der Waals surface area contributed by atoms with Crippen molar-refractivity contribution in [1.82, 2.24) is 15.3 Å². The summed E-state index contributed by atoms with van der Waals surface area (Å²) in [5.74, 6) is -0.140. The van der Waals surface area contributed by atoms with Crippen molar-refractivity contribution >= 4 is 5.91 Å². The zero-order valence-corrected chi connectivity index (χ0v) is 9.93. The second-order valence-electron chi connectivity index (χ2n) is 3.88. The molecule has 1 amide bonds. The van der Waals surface area contributed by atoms with E-state index in [-0.39, 0.29) is 11.3 Å². The van der Waals surface area contributed by atoms with Crippen LogP contribution in [0.1, 0.15) is 12.6 Å². The molecule has 0 unspecified atom stereocenters. The first-order valence-corrected chi connectivity index (χ1v) is 5.54. The molecule has 0 fully saturated rings. The van der Waals surface area contributed by atoms with Crippen molar-refractivity contribution in [3.63, 3.8) is 0 Å². The maximum absolute atomic E-state index is 11.6. The van der Waals surface area contributed by atoms with Gasteiger partial charge in [-0.25, -0.2) is 0 Å². The number of hydrogen-bond acceptors (Lipinski definition) is 3. The molecule has 2 aromatic heterocycles. The van der Waals surface area contributed by atoms with Gasteiger partial charge in [0.2, 0.25) is 5.91 Å². The summed E-state index contributed by atoms with van der Waals surface area (Å²) in [6.07, 6.45) is 1.66. The summed E-state index contributed by atoms with van der Waals surface area (Å²) in [6, 6.07) is 8.42. The van der Waals surface area contributed by atoms with Crippen molar-refractivity contribution < 1.29 is 4.79 Å². The van der Waals surface area contributed by atoms with Crippen molar-refractivity contribution in [3.8, 4) is 11.4 Å². The largest absolute Gasteiger partial charge is 0.355 e. The Bertz CT molecular complexity index is 605. The van der Waals surface area contributed by atoms with Gasteiger partial charge in [0.25, 0.3) is 0 Å². The van der Waals surface area contributed by atoms with Crippen molar-refractivity contribution in [1.29, 1.82) is 0 Å². The third kappa shape index (κ3) is 3.04. The molecule has 5 heteroatoms. The first-order valence-electron chi connectivity index (χ1n) is 5.54. The van der Waals surface area contributed by atoms with Gasteiger partial charge >= 0.3 is 0 Å². The van der Waals surface area contributed by atoms with Gasteiger partial charge in [0.1, 0.15) is 0 Å². The van der Waals surface area contributed by atoms with Gasteiger partial charge in [-0.05, 0) is 12.1 Å². The molecule has 2 aromatic rings. The first kappa shape index (κ1) is 12.0. The third-order valence-electron chi connectivity index (χ3n) is 2.37. The number of carbonyl (C=O) groups is 1. The quantitative estimate of drug-likeness (QED) is 0.846. The standard InChI is InChI=1S/C13H13N3O2/c1-9(17)15-8-10-6-11(18)7-13(16-10)12-4-2-3-5-14-12/h2-7H,8H2,1H3,(H,15,17)(H,16,18). The molecule has 0 saturated heterocycles. The molecule has 2 heterocycles. The molecular weight excluding hydrogens is 230 g/mol. The number of carbonyl (C=O) groups excluding carboxylic acids is 1. The van der Waals surface area contributed by atoms with Gasteiger partial charge in [-0.15, -0.1) is 0 Å². The third-order valence-corrected chi connectivity index (χ3v) is 2.37. The minimum Gasteiger partial charge on any atom is -0.355 e. The molecule has 0 aliphatic carbocycles. The van der Waals surface area contributed by atoms with E-state index in [2.05, 4.69) is 15.3 Å². The molecule has 0 aliphatic rings. The molecular formula is C13H13N3O2. The van der Waals surface area contributed by atoms with Crippen molar-refractivity contribution in [2.24, 2.45) is 0 Å². The molecule has 0 spiro atoms. The van der Waals surface area contributed by atoms with E-state index < -0.39 is 0 Å². The van der Waals surface area contributed by atoms with Crippen LogP contribution in [-0.4, -0.2) is 15.9 Å². The Morgan fingerprint density at radius 2 is 2.22 bits per heavy atom.